The number of hydrogen-bond donors (Lipinski definition) is 1. The van der Waals surface area contributed by atoms with Gasteiger partial charge in [-0.3, -0.25) is 9.69 Å². The summed E-state index contributed by atoms with van der Waals surface area (Å²) in [5, 5.41) is 3.06. The van der Waals surface area contributed by atoms with E-state index in [9.17, 15) is 4.79 Å². The summed E-state index contributed by atoms with van der Waals surface area (Å²) >= 11 is 0. The number of rotatable bonds is 10. The third kappa shape index (κ3) is 8.22. The molecule has 4 heteroatoms. The fourth-order valence-corrected chi connectivity index (χ4v) is 3.61. The fraction of sp³-hybridized carbons (Fsp3) is 0.400. The molecule has 1 amide bonds. The van der Waals surface area contributed by atoms with E-state index in [1.54, 1.807) is 0 Å². The maximum absolute atomic E-state index is 12.1. The van der Waals surface area contributed by atoms with Gasteiger partial charge in [-0.25, -0.2) is 0 Å². The standard InChI is InChI=1S/C25H33N3O/c29-25(26-16-7-13-23-9-3-1-4-10-23)15-18-28-21-19-27(20-22-28)17-8-14-24-11-5-2-6-12-24/h1-6,8-12,14H,7,13,15-22H2,(H,26,29)/b14-8+. The van der Waals surface area contributed by atoms with E-state index in [4.69, 9.17) is 0 Å². The van der Waals surface area contributed by atoms with E-state index < -0.39 is 0 Å². The lowest BCUT2D eigenvalue weighted by atomic mass is 10.1. The van der Waals surface area contributed by atoms with Gasteiger partial charge in [-0.2, -0.15) is 0 Å². The Kier molecular flexibility index (Phi) is 8.95. The molecule has 1 fully saturated rings. The van der Waals surface area contributed by atoms with Crippen molar-refractivity contribution in [1.29, 1.82) is 0 Å². The Morgan fingerprint density at radius 1 is 0.897 bits per heavy atom. The number of amides is 1. The molecule has 3 rings (SSSR count). The molecule has 1 heterocycles. The van der Waals surface area contributed by atoms with Crippen molar-refractivity contribution in [3.63, 3.8) is 0 Å². The molecule has 0 unspecified atom stereocenters. The van der Waals surface area contributed by atoms with E-state index in [1.165, 1.54) is 11.1 Å². The van der Waals surface area contributed by atoms with Gasteiger partial charge in [0.25, 0.3) is 0 Å². The number of hydrogen-bond acceptors (Lipinski definition) is 3. The molecule has 1 N–H and O–H groups in total. The zero-order valence-corrected chi connectivity index (χ0v) is 17.3. The highest BCUT2D eigenvalue weighted by Gasteiger charge is 2.16. The summed E-state index contributed by atoms with van der Waals surface area (Å²) in [4.78, 5) is 17.0. The lowest BCUT2D eigenvalue weighted by Crippen LogP contribution is -2.47. The molecule has 0 aliphatic carbocycles. The van der Waals surface area contributed by atoms with Crippen molar-refractivity contribution in [2.24, 2.45) is 0 Å². The van der Waals surface area contributed by atoms with Crippen molar-refractivity contribution in [3.8, 4) is 0 Å². The Balaban J connectivity index is 1.23. The third-order valence-electron chi connectivity index (χ3n) is 5.40. The SMILES string of the molecule is O=C(CCN1CCN(C/C=C/c2ccccc2)CC1)NCCCc1ccccc1. The van der Waals surface area contributed by atoms with Crippen molar-refractivity contribution in [1.82, 2.24) is 15.1 Å². The highest BCUT2D eigenvalue weighted by atomic mass is 16.1. The van der Waals surface area contributed by atoms with Gasteiger partial charge in [-0.15, -0.1) is 0 Å². The highest BCUT2D eigenvalue weighted by Crippen LogP contribution is 2.05. The summed E-state index contributed by atoms with van der Waals surface area (Å²) < 4.78 is 0. The largest absolute Gasteiger partial charge is 0.356 e. The first-order valence-electron chi connectivity index (χ1n) is 10.8. The minimum absolute atomic E-state index is 0.172. The van der Waals surface area contributed by atoms with Crippen LogP contribution in [0.1, 0.15) is 24.0 Å². The van der Waals surface area contributed by atoms with Crippen LogP contribution in [-0.4, -0.2) is 61.5 Å². The van der Waals surface area contributed by atoms with Crippen molar-refractivity contribution in [3.05, 3.63) is 77.9 Å². The topological polar surface area (TPSA) is 35.6 Å². The second kappa shape index (κ2) is 12.2. The van der Waals surface area contributed by atoms with Crippen molar-refractivity contribution in [2.75, 3.05) is 45.8 Å². The van der Waals surface area contributed by atoms with Crippen molar-refractivity contribution < 1.29 is 4.79 Å². The Labute approximate surface area is 175 Å². The van der Waals surface area contributed by atoms with Crippen LogP contribution in [-0.2, 0) is 11.2 Å². The van der Waals surface area contributed by atoms with Crippen LogP contribution in [0.3, 0.4) is 0 Å². The summed E-state index contributed by atoms with van der Waals surface area (Å²) in [7, 11) is 0. The molecule has 154 valence electrons. The van der Waals surface area contributed by atoms with Crippen LogP contribution < -0.4 is 5.32 Å². The maximum atomic E-state index is 12.1. The van der Waals surface area contributed by atoms with E-state index in [2.05, 4.69) is 75.8 Å². The molecule has 29 heavy (non-hydrogen) atoms. The van der Waals surface area contributed by atoms with Crippen LogP contribution in [0.25, 0.3) is 6.08 Å². The summed E-state index contributed by atoms with van der Waals surface area (Å²) in [6.07, 6.45) is 7.04. The fourth-order valence-electron chi connectivity index (χ4n) is 3.61. The average molecular weight is 392 g/mol. The molecule has 4 nitrogen and oxygen atoms in total. The number of aryl methyl sites for hydroxylation is 1. The third-order valence-corrected chi connectivity index (χ3v) is 5.40. The predicted octanol–water partition coefficient (Wildman–Crippen LogP) is 3.46. The van der Waals surface area contributed by atoms with Crippen LogP contribution in [0, 0.1) is 0 Å². The molecule has 0 saturated carbocycles. The number of piperazine rings is 1. The Hall–Kier alpha value is -2.43. The highest BCUT2D eigenvalue weighted by molar-refractivity contribution is 5.76. The first-order chi connectivity index (χ1) is 14.3. The molecule has 2 aromatic rings. The Morgan fingerprint density at radius 2 is 1.55 bits per heavy atom. The van der Waals surface area contributed by atoms with Gasteiger partial charge >= 0.3 is 0 Å². The molecule has 0 aromatic heterocycles. The van der Waals surface area contributed by atoms with Crippen molar-refractivity contribution >= 4 is 12.0 Å². The van der Waals surface area contributed by atoms with E-state index in [1.807, 2.05) is 12.1 Å². The minimum Gasteiger partial charge on any atom is -0.356 e. The predicted molar refractivity (Wildman–Crippen MR) is 121 cm³/mol. The Bertz CT molecular complexity index is 737. The van der Waals surface area contributed by atoms with Gasteiger partial charge in [0, 0.05) is 52.2 Å². The van der Waals surface area contributed by atoms with Gasteiger partial charge in [-0.1, -0.05) is 72.8 Å². The summed E-state index contributed by atoms with van der Waals surface area (Å²) in [5.74, 6) is 0.172. The van der Waals surface area contributed by atoms with E-state index >= 15 is 0 Å². The second-order valence-corrected chi connectivity index (χ2v) is 7.64. The summed E-state index contributed by atoms with van der Waals surface area (Å²) in [6, 6.07) is 20.9. The molecular formula is C25H33N3O. The molecule has 1 aliphatic rings. The van der Waals surface area contributed by atoms with Crippen LogP contribution in [0.2, 0.25) is 0 Å². The van der Waals surface area contributed by atoms with Gasteiger partial charge in [0.1, 0.15) is 0 Å². The molecule has 0 bridgehead atoms. The molecule has 1 aliphatic heterocycles. The molecule has 1 saturated heterocycles. The van der Waals surface area contributed by atoms with Gasteiger partial charge in [0.05, 0.1) is 0 Å². The second-order valence-electron chi connectivity index (χ2n) is 7.64. The average Bonchev–Trinajstić information content (AvgIpc) is 2.78. The molecule has 0 radical (unpaired) electrons. The lowest BCUT2D eigenvalue weighted by molar-refractivity contribution is -0.121. The summed E-state index contributed by atoms with van der Waals surface area (Å²) in [6.45, 7) is 6.83. The molecule has 0 spiro atoms. The Morgan fingerprint density at radius 3 is 2.28 bits per heavy atom. The maximum Gasteiger partial charge on any atom is 0.221 e. The monoisotopic (exact) mass is 391 g/mol. The molecular weight excluding hydrogens is 358 g/mol. The van der Waals surface area contributed by atoms with Crippen LogP contribution >= 0.6 is 0 Å². The number of carbonyl (C=O) groups is 1. The van der Waals surface area contributed by atoms with Crippen LogP contribution in [0.5, 0.6) is 0 Å². The lowest BCUT2D eigenvalue weighted by Gasteiger charge is -2.34. The van der Waals surface area contributed by atoms with Gasteiger partial charge in [0.2, 0.25) is 5.91 Å². The first kappa shape index (κ1) is 21.3. The van der Waals surface area contributed by atoms with Crippen LogP contribution in [0.15, 0.2) is 66.7 Å². The molecule has 0 atom stereocenters. The van der Waals surface area contributed by atoms with Crippen LogP contribution in [0.4, 0.5) is 0 Å². The smallest absolute Gasteiger partial charge is 0.221 e. The number of benzene rings is 2. The van der Waals surface area contributed by atoms with E-state index in [0.717, 1.165) is 58.7 Å². The van der Waals surface area contributed by atoms with Gasteiger partial charge in [0.15, 0.2) is 0 Å². The number of nitrogens with zero attached hydrogens (tertiary/aromatic N) is 2. The van der Waals surface area contributed by atoms with Gasteiger partial charge in [-0.05, 0) is 24.0 Å². The minimum atomic E-state index is 0.172. The zero-order chi connectivity index (χ0) is 20.2. The molecule has 2 aromatic carbocycles. The quantitative estimate of drug-likeness (QED) is 0.630. The number of carbonyl (C=O) groups excluding carboxylic acids is 1. The summed E-state index contributed by atoms with van der Waals surface area (Å²) in [5.41, 5.74) is 2.58. The van der Waals surface area contributed by atoms with E-state index in [-0.39, 0.29) is 5.91 Å². The van der Waals surface area contributed by atoms with E-state index in [0.29, 0.717) is 6.42 Å². The van der Waals surface area contributed by atoms with Gasteiger partial charge < -0.3 is 10.2 Å². The first-order valence-corrected chi connectivity index (χ1v) is 10.8. The number of nitrogens with one attached hydrogen (secondary N) is 1. The van der Waals surface area contributed by atoms with Crippen molar-refractivity contribution in [2.45, 2.75) is 19.3 Å². The normalized spacial score (nSPS) is 15.6. The zero-order valence-electron chi connectivity index (χ0n) is 17.3.